The molecule has 2 atom stereocenters. The van der Waals surface area contributed by atoms with E-state index in [1.165, 1.54) is 23.1 Å². The fraction of sp³-hybridized carbons (Fsp3) is 0.333. The first-order chi connectivity index (χ1) is 8.70. The Kier molecular flexibility index (Phi) is 4.35. The molecule has 1 aliphatic carbocycles. The smallest absolute Gasteiger partial charge is 0.235 e. The second kappa shape index (κ2) is 5.99. The van der Waals surface area contributed by atoms with E-state index in [4.69, 9.17) is 9.47 Å². The highest BCUT2D eigenvalue weighted by Gasteiger charge is 2.29. The van der Waals surface area contributed by atoms with Gasteiger partial charge in [0.15, 0.2) is 5.76 Å². The van der Waals surface area contributed by atoms with Crippen molar-refractivity contribution < 1.29 is 18.2 Å². The molecule has 0 saturated carbocycles. The molecular formula is C12H15NO4S. The van der Waals surface area contributed by atoms with Gasteiger partial charge < -0.3 is 9.47 Å². The molecule has 0 radical (unpaired) electrons. The van der Waals surface area contributed by atoms with E-state index >= 15 is 0 Å². The van der Waals surface area contributed by atoms with Crippen molar-refractivity contribution in [1.29, 1.82) is 0 Å². The first-order valence-corrected chi connectivity index (χ1v) is 6.63. The second-order valence-electron chi connectivity index (χ2n) is 3.93. The number of hydrogen-bond acceptors (Lipinski definition) is 3. The van der Waals surface area contributed by atoms with Crippen LogP contribution in [0.3, 0.4) is 0 Å². The minimum Gasteiger partial charge on any atom is -0.466 e. The summed E-state index contributed by atoms with van der Waals surface area (Å²) in [5, 5.41) is 0. The molecule has 1 heterocycles. The van der Waals surface area contributed by atoms with E-state index in [0.29, 0.717) is 5.76 Å². The summed E-state index contributed by atoms with van der Waals surface area (Å²) >= 11 is -2.08. The molecule has 0 saturated heterocycles. The summed E-state index contributed by atoms with van der Waals surface area (Å²) in [6.07, 6.45) is 12.0. The molecule has 98 valence electrons. The van der Waals surface area contributed by atoms with Gasteiger partial charge >= 0.3 is 0 Å². The third-order valence-electron chi connectivity index (χ3n) is 2.80. The highest BCUT2D eigenvalue weighted by Crippen LogP contribution is 2.27. The van der Waals surface area contributed by atoms with Gasteiger partial charge in [0.2, 0.25) is 11.3 Å². The minimum absolute atomic E-state index is 0.397. The van der Waals surface area contributed by atoms with Crippen LogP contribution >= 0.6 is 0 Å². The molecule has 6 heteroatoms. The molecule has 18 heavy (non-hydrogen) atoms. The number of likely N-dealkylation sites (N-methyl/N-ethyl adjacent to an activating group) is 1. The number of ether oxygens (including phenoxy) is 2. The van der Waals surface area contributed by atoms with Crippen LogP contribution in [0.4, 0.5) is 0 Å². The normalized spacial score (nSPS) is 21.7. The summed E-state index contributed by atoms with van der Waals surface area (Å²) in [5.74, 6) is 0.504. The molecule has 0 aromatic carbocycles. The number of nitrogens with zero attached hydrogens (tertiary/aromatic N) is 1. The van der Waals surface area contributed by atoms with Crippen LogP contribution in [0.1, 0.15) is 12.8 Å². The van der Waals surface area contributed by atoms with Crippen LogP contribution in [-0.4, -0.2) is 26.2 Å². The van der Waals surface area contributed by atoms with Gasteiger partial charge in [-0.2, -0.15) is 4.31 Å². The van der Waals surface area contributed by atoms with E-state index in [-0.39, 0.29) is 0 Å². The molecule has 2 aliphatic rings. The van der Waals surface area contributed by atoms with E-state index in [9.17, 15) is 8.76 Å². The molecule has 0 bridgehead atoms. The van der Waals surface area contributed by atoms with E-state index in [1.807, 2.05) is 12.2 Å². The molecule has 0 fully saturated rings. The SMILES string of the molecule is CN(C(C1=CC=CCC1)C1=COC=CO1)S(=O)O. The topological polar surface area (TPSA) is 59.0 Å². The van der Waals surface area contributed by atoms with Crippen molar-refractivity contribution in [3.05, 3.63) is 48.3 Å². The van der Waals surface area contributed by atoms with Crippen molar-refractivity contribution >= 4 is 11.3 Å². The molecule has 2 rings (SSSR count). The fourth-order valence-corrected chi connectivity index (χ4v) is 2.36. The molecule has 2 unspecified atom stereocenters. The van der Waals surface area contributed by atoms with Crippen LogP contribution in [0.25, 0.3) is 0 Å². The first-order valence-electron chi connectivity index (χ1n) is 5.56. The van der Waals surface area contributed by atoms with Gasteiger partial charge in [-0.15, -0.1) is 0 Å². The Hall–Kier alpha value is -1.37. The number of hydrogen-bond donors (Lipinski definition) is 1. The first kappa shape index (κ1) is 13.1. The van der Waals surface area contributed by atoms with Crippen LogP contribution in [0.2, 0.25) is 0 Å². The lowest BCUT2D eigenvalue weighted by molar-refractivity contribution is 0.214. The van der Waals surface area contributed by atoms with Gasteiger partial charge in [-0.3, -0.25) is 4.55 Å². The van der Waals surface area contributed by atoms with E-state index in [1.54, 1.807) is 7.05 Å². The van der Waals surface area contributed by atoms with Crippen LogP contribution in [-0.2, 0) is 20.7 Å². The second-order valence-corrected chi connectivity index (χ2v) is 4.97. The van der Waals surface area contributed by atoms with Crippen LogP contribution < -0.4 is 0 Å². The van der Waals surface area contributed by atoms with Crippen molar-refractivity contribution in [2.24, 2.45) is 0 Å². The molecule has 1 N–H and O–H groups in total. The number of rotatable bonds is 4. The Morgan fingerprint density at radius 1 is 1.50 bits per heavy atom. The largest absolute Gasteiger partial charge is 0.466 e. The van der Waals surface area contributed by atoms with Crippen molar-refractivity contribution in [3.63, 3.8) is 0 Å². The Labute approximate surface area is 108 Å². The maximum Gasteiger partial charge on any atom is 0.235 e. The zero-order valence-corrected chi connectivity index (χ0v) is 10.8. The molecule has 1 aliphatic heterocycles. The Morgan fingerprint density at radius 3 is 2.89 bits per heavy atom. The minimum atomic E-state index is -2.08. The van der Waals surface area contributed by atoms with Crippen molar-refractivity contribution in [2.75, 3.05) is 7.05 Å². The third-order valence-corrected chi connectivity index (χ3v) is 3.50. The average Bonchev–Trinajstić information content (AvgIpc) is 2.41. The fourth-order valence-electron chi connectivity index (χ4n) is 1.94. The van der Waals surface area contributed by atoms with Crippen molar-refractivity contribution in [2.45, 2.75) is 18.9 Å². The molecule has 0 spiro atoms. The summed E-state index contributed by atoms with van der Waals surface area (Å²) in [7, 11) is 1.57. The van der Waals surface area contributed by atoms with Gasteiger partial charge in [0.1, 0.15) is 24.8 Å². The summed E-state index contributed by atoms with van der Waals surface area (Å²) in [4.78, 5) is 0. The van der Waals surface area contributed by atoms with Gasteiger partial charge in [-0.1, -0.05) is 18.2 Å². The monoisotopic (exact) mass is 269 g/mol. The summed E-state index contributed by atoms with van der Waals surface area (Å²) in [6.45, 7) is 0. The molecule has 0 amide bonds. The predicted molar refractivity (Wildman–Crippen MR) is 68.2 cm³/mol. The zero-order valence-electron chi connectivity index (χ0n) is 9.98. The van der Waals surface area contributed by atoms with Gasteiger partial charge in [-0.05, 0) is 18.4 Å². The predicted octanol–water partition coefficient (Wildman–Crippen LogP) is 2.06. The Balaban J connectivity index is 2.27. The molecule has 5 nitrogen and oxygen atoms in total. The molecule has 0 aromatic heterocycles. The number of allylic oxidation sites excluding steroid dienone is 3. The standard InChI is InChI=1S/C12H15NO4S/c1-13(18(14)15)12(10-5-3-2-4-6-10)11-9-16-7-8-17-11/h2-3,5,7-9,12H,4,6H2,1H3,(H,14,15). The summed E-state index contributed by atoms with van der Waals surface area (Å²) < 4.78 is 32.3. The highest BCUT2D eigenvalue weighted by atomic mass is 32.2. The summed E-state index contributed by atoms with van der Waals surface area (Å²) in [6, 6.07) is -0.397. The van der Waals surface area contributed by atoms with Crippen molar-refractivity contribution in [3.8, 4) is 0 Å². The van der Waals surface area contributed by atoms with E-state index in [2.05, 4.69) is 6.08 Å². The highest BCUT2D eigenvalue weighted by molar-refractivity contribution is 7.76. The lowest BCUT2D eigenvalue weighted by Crippen LogP contribution is -2.37. The van der Waals surface area contributed by atoms with Crippen LogP contribution in [0.15, 0.2) is 48.3 Å². The Morgan fingerprint density at radius 2 is 2.33 bits per heavy atom. The van der Waals surface area contributed by atoms with Crippen LogP contribution in [0.5, 0.6) is 0 Å². The van der Waals surface area contributed by atoms with Crippen LogP contribution in [0, 0.1) is 0 Å². The third kappa shape index (κ3) is 2.90. The van der Waals surface area contributed by atoms with Gasteiger partial charge in [0.05, 0.1) is 0 Å². The maximum atomic E-state index is 11.3. The summed E-state index contributed by atoms with van der Waals surface area (Å²) in [5.41, 5.74) is 1.02. The van der Waals surface area contributed by atoms with Gasteiger partial charge in [-0.25, -0.2) is 4.21 Å². The zero-order chi connectivity index (χ0) is 13.0. The lowest BCUT2D eigenvalue weighted by atomic mass is 9.96. The van der Waals surface area contributed by atoms with Gasteiger partial charge in [0.25, 0.3) is 0 Å². The maximum absolute atomic E-state index is 11.3. The molecular weight excluding hydrogens is 254 g/mol. The Bertz CT molecular complexity index is 453. The quantitative estimate of drug-likeness (QED) is 0.794. The molecule has 0 aromatic rings. The lowest BCUT2D eigenvalue weighted by Gasteiger charge is -2.29. The van der Waals surface area contributed by atoms with Gasteiger partial charge in [0, 0.05) is 7.05 Å². The van der Waals surface area contributed by atoms with E-state index in [0.717, 1.165) is 18.4 Å². The average molecular weight is 269 g/mol. The van der Waals surface area contributed by atoms with Crippen molar-refractivity contribution in [1.82, 2.24) is 4.31 Å². The van der Waals surface area contributed by atoms with E-state index < -0.39 is 17.3 Å².